The molecule has 0 aliphatic heterocycles. The molecule has 4 aromatic rings. The highest BCUT2D eigenvalue weighted by atomic mass is 16.5. The first-order valence-corrected chi connectivity index (χ1v) is 9.71. The molecule has 30 heavy (non-hydrogen) atoms. The fourth-order valence-electron chi connectivity index (χ4n) is 3.22. The summed E-state index contributed by atoms with van der Waals surface area (Å²) >= 11 is 0. The number of nitrogens with one attached hydrogen (secondary N) is 1. The number of hydrogen-bond donors (Lipinski definition) is 1. The Balaban J connectivity index is 1.58. The Morgan fingerprint density at radius 2 is 1.90 bits per heavy atom. The zero-order chi connectivity index (χ0) is 20.8. The molecule has 0 saturated carbocycles. The predicted molar refractivity (Wildman–Crippen MR) is 112 cm³/mol. The lowest BCUT2D eigenvalue weighted by Crippen LogP contribution is -2.06. The van der Waals surface area contributed by atoms with Gasteiger partial charge in [0, 0.05) is 18.4 Å². The van der Waals surface area contributed by atoms with Gasteiger partial charge in [0.2, 0.25) is 0 Å². The van der Waals surface area contributed by atoms with Crippen molar-refractivity contribution < 1.29 is 4.74 Å². The Morgan fingerprint density at radius 3 is 2.60 bits per heavy atom. The van der Waals surface area contributed by atoms with Crippen molar-refractivity contribution in [1.29, 1.82) is 0 Å². The van der Waals surface area contributed by atoms with Gasteiger partial charge in [-0.1, -0.05) is 48.5 Å². The molecule has 2 heterocycles. The van der Waals surface area contributed by atoms with Gasteiger partial charge in [-0.25, -0.2) is 9.78 Å². The number of terminal acetylenes is 1. The summed E-state index contributed by atoms with van der Waals surface area (Å²) in [6.07, 6.45) is 6.64. The monoisotopic (exact) mass is 399 g/mol. The lowest BCUT2D eigenvalue weighted by atomic mass is 9.98. The molecule has 0 aliphatic carbocycles. The van der Waals surface area contributed by atoms with Gasteiger partial charge in [0.25, 0.3) is 0 Å². The number of hydrogen-bond acceptors (Lipinski definition) is 6. The van der Waals surface area contributed by atoms with Gasteiger partial charge in [-0.2, -0.15) is 4.98 Å². The fourth-order valence-corrected chi connectivity index (χ4v) is 3.22. The summed E-state index contributed by atoms with van der Waals surface area (Å²) in [5, 5.41) is 18.6. The van der Waals surface area contributed by atoms with Crippen LogP contribution in [0.3, 0.4) is 0 Å². The van der Waals surface area contributed by atoms with E-state index in [4.69, 9.17) is 11.2 Å². The first kappa shape index (κ1) is 19.3. The largest absolute Gasteiger partial charge is 0.463 e. The second-order valence-corrected chi connectivity index (χ2v) is 6.59. The van der Waals surface area contributed by atoms with E-state index in [1.165, 1.54) is 0 Å². The number of benzene rings is 2. The molecule has 4 rings (SSSR count). The molecule has 0 spiro atoms. The maximum atomic E-state index is 5.46. The lowest BCUT2D eigenvalue weighted by Gasteiger charge is -2.08. The average Bonchev–Trinajstić information content (AvgIpc) is 3.44. The molecule has 0 saturated heterocycles. The molecule has 8 nitrogen and oxygen atoms in total. The van der Waals surface area contributed by atoms with Crippen LogP contribution in [0.15, 0.2) is 48.5 Å². The third kappa shape index (κ3) is 4.20. The summed E-state index contributed by atoms with van der Waals surface area (Å²) in [5.41, 5.74) is 4.20. The van der Waals surface area contributed by atoms with Crippen LogP contribution < -0.4 is 4.74 Å². The number of ether oxygens (including phenoxy) is 1. The van der Waals surface area contributed by atoms with E-state index in [-0.39, 0.29) is 0 Å². The number of tetrazole rings is 1. The van der Waals surface area contributed by atoms with Crippen LogP contribution in [0, 0.1) is 12.3 Å². The molecule has 0 atom stereocenters. The van der Waals surface area contributed by atoms with Crippen LogP contribution in [0.1, 0.15) is 24.7 Å². The molecule has 0 amide bonds. The van der Waals surface area contributed by atoms with Crippen LogP contribution in [0.2, 0.25) is 0 Å². The van der Waals surface area contributed by atoms with Crippen molar-refractivity contribution >= 4 is 0 Å². The van der Waals surface area contributed by atoms with E-state index in [1.807, 2.05) is 29.8 Å². The molecule has 150 valence electrons. The summed E-state index contributed by atoms with van der Waals surface area (Å²) in [7, 11) is 0. The van der Waals surface area contributed by atoms with Crippen LogP contribution in [-0.2, 0) is 13.0 Å². The highest BCUT2D eigenvalue weighted by molar-refractivity contribution is 5.80. The molecule has 2 aromatic carbocycles. The smallest absolute Gasteiger partial charge is 0.335 e. The minimum atomic E-state index is 0.385. The standard InChI is InChI=1S/C22H21N7O/c1-3-5-14-29-20(23-22(26-29)30-4-2)15-16-10-12-17(13-11-16)18-8-6-7-9-19(18)21-24-27-28-25-21/h1,6-13H,4-5,14-15H2,2H3,(H,24,25,27,28). The summed E-state index contributed by atoms with van der Waals surface area (Å²) in [6.45, 7) is 3.04. The molecule has 0 unspecified atom stereocenters. The summed E-state index contributed by atoms with van der Waals surface area (Å²) in [5.74, 6) is 4.11. The van der Waals surface area contributed by atoms with Gasteiger partial charge < -0.3 is 4.74 Å². The molecule has 0 bridgehead atoms. The number of rotatable bonds is 8. The van der Waals surface area contributed by atoms with E-state index < -0.39 is 0 Å². The Hall–Kier alpha value is -3.99. The van der Waals surface area contributed by atoms with Crippen molar-refractivity contribution in [3.8, 4) is 40.9 Å². The van der Waals surface area contributed by atoms with E-state index >= 15 is 0 Å². The van der Waals surface area contributed by atoms with Crippen LogP contribution in [0.25, 0.3) is 22.5 Å². The molecule has 8 heteroatoms. The van der Waals surface area contributed by atoms with Gasteiger partial charge in [0.05, 0.1) is 13.2 Å². The van der Waals surface area contributed by atoms with Gasteiger partial charge in [0.1, 0.15) is 5.82 Å². The van der Waals surface area contributed by atoms with Crippen molar-refractivity contribution in [3.05, 3.63) is 59.9 Å². The van der Waals surface area contributed by atoms with Crippen molar-refractivity contribution in [3.63, 3.8) is 0 Å². The van der Waals surface area contributed by atoms with E-state index in [9.17, 15) is 0 Å². The van der Waals surface area contributed by atoms with Gasteiger partial charge in [-0.3, -0.25) is 0 Å². The van der Waals surface area contributed by atoms with Gasteiger partial charge in [0.15, 0.2) is 5.82 Å². The molecular formula is C22H21N7O. The topological polar surface area (TPSA) is 94.4 Å². The van der Waals surface area contributed by atoms with E-state index in [0.717, 1.165) is 28.1 Å². The number of aromatic nitrogens is 7. The van der Waals surface area contributed by atoms with Crippen LogP contribution in [-0.4, -0.2) is 42.0 Å². The maximum Gasteiger partial charge on any atom is 0.335 e. The Kier molecular flexibility index (Phi) is 5.80. The van der Waals surface area contributed by atoms with Crippen molar-refractivity contribution in [2.45, 2.75) is 26.3 Å². The third-order valence-corrected chi connectivity index (χ3v) is 4.62. The second-order valence-electron chi connectivity index (χ2n) is 6.59. The number of nitrogens with zero attached hydrogens (tertiary/aromatic N) is 6. The van der Waals surface area contributed by atoms with Crippen molar-refractivity contribution in [1.82, 2.24) is 35.4 Å². The minimum Gasteiger partial charge on any atom is -0.463 e. The van der Waals surface area contributed by atoms with Gasteiger partial charge >= 0.3 is 6.01 Å². The van der Waals surface area contributed by atoms with Gasteiger partial charge in [-0.15, -0.1) is 22.5 Å². The normalized spacial score (nSPS) is 10.7. The van der Waals surface area contributed by atoms with E-state index in [2.05, 4.69) is 67.0 Å². The van der Waals surface area contributed by atoms with Crippen LogP contribution in [0.5, 0.6) is 6.01 Å². The summed E-state index contributed by atoms with van der Waals surface area (Å²) < 4.78 is 7.28. The SMILES string of the molecule is C#CCCn1nc(OCC)nc1Cc1ccc(-c2ccccc2-c2nnn[nH]2)cc1. The number of aryl methyl sites for hydroxylation is 1. The molecule has 0 aliphatic rings. The average molecular weight is 399 g/mol. The predicted octanol–water partition coefficient (Wildman–Crippen LogP) is 3.14. The molecular weight excluding hydrogens is 378 g/mol. The first-order valence-electron chi connectivity index (χ1n) is 9.71. The Labute approximate surface area is 174 Å². The molecule has 0 fully saturated rings. The zero-order valence-electron chi connectivity index (χ0n) is 16.6. The Morgan fingerprint density at radius 1 is 1.10 bits per heavy atom. The highest BCUT2D eigenvalue weighted by Gasteiger charge is 2.13. The van der Waals surface area contributed by atoms with E-state index in [0.29, 0.717) is 37.8 Å². The van der Waals surface area contributed by atoms with E-state index in [1.54, 1.807) is 0 Å². The Bertz CT molecular complexity index is 1140. The van der Waals surface area contributed by atoms with Crippen molar-refractivity contribution in [2.75, 3.05) is 6.61 Å². The quantitative estimate of drug-likeness (QED) is 0.458. The number of H-pyrrole nitrogens is 1. The fraction of sp³-hybridized carbons (Fsp3) is 0.227. The van der Waals surface area contributed by atoms with Crippen LogP contribution >= 0.6 is 0 Å². The lowest BCUT2D eigenvalue weighted by molar-refractivity contribution is 0.310. The van der Waals surface area contributed by atoms with Crippen LogP contribution in [0.4, 0.5) is 0 Å². The van der Waals surface area contributed by atoms with Crippen molar-refractivity contribution in [2.24, 2.45) is 0 Å². The molecule has 0 radical (unpaired) electrons. The summed E-state index contributed by atoms with van der Waals surface area (Å²) in [4.78, 5) is 4.51. The van der Waals surface area contributed by atoms with Gasteiger partial charge in [-0.05, 0) is 34.0 Å². The maximum absolute atomic E-state index is 5.46. The molecule has 1 N–H and O–H groups in total. The number of aromatic amines is 1. The zero-order valence-corrected chi connectivity index (χ0v) is 16.6. The molecule has 2 aromatic heterocycles. The second kappa shape index (κ2) is 9.01. The summed E-state index contributed by atoms with van der Waals surface area (Å²) in [6, 6.07) is 16.8. The highest BCUT2D eigenvalue weighted by Crippen LogP contribution is 2.30. The first-order chi connectivity index (χ1) is 14.8. The third-order valence-electron chi connectivity index (χ3n) is 4.62. The minimum absolute atomic E-state index is 0.385.